The number of benzene rings is 1. The van der Waals surface area contributed by atoms with Crippen LogP contribution in [0.1, 0.15) is 15.9 Å². The highest BCUT2D eigenvalue weighted by Crippen LogP contribution is 2.09. The molecule has 0 amide bonds. The summed E-state index contributed by atoms with van der Waals surface area (Å²) in [6, 6.07) is 9.22. The van der Waals surface area contributed by atoms with Crippen LogP contribution in [0, 0.1) is 0 Å². The molecule has 0 fully saturated rings. The Morgan fingerprint density at radius 1 is 1.23 bits per heavy atom. The maximum absolute atomic E-state index is 12.3. The first-order chi connectivity index (χ1) is 10.5. The van der Waals surface area contributed by atoms with Gasteiger partial charge in [0.2, 0.25) is 0 Å². The predicted octanol–water partition coefficient (Wildman–Crippen LogP) is -0.420. The number of nitrogen functional groups attached to an aromatic ring is 1. The first-order valence-electron chi connectivity index (χ1n) is 6.78. The van der Waals surface area contributed by atoms with E-state index in [2.05, 4.69) is 5.32 Å². The standard InChI is InChI=1S/C15H18N4O3/c1-17-8-11(20)12-13(16)19(15(22)18(2)14(12)21)9-10-6-4-3-5-7-10/h3-7,17H,8-9,16H2,1-2H3. The van der Waals surface area contributed by atoms with Crippen LogP contribution in [0.25, 0.3) is 0 Å². The van der Waals surface area contributed by atoms with Crippen molar-refractivity contribution in [2.24, 2.45) is 7.05 Å². The van der Waals surface area contributed by atoms with Gasteiger partial charge < -0.3 is 11.1 Å². The molecule has 7 nitrogen and oxygen atoms in total. The van der Waals surface area contributed by atoms with Gasteiger partial charge in [0.25, 0.3) is 5.56 Å². The number of aromatic nitrogens is 2. The summed E-state index contributed by atoms with van der Waals surface area (Å²) in [7, 11) is 2.93. The van der Waals surface area contributed by atoms with Crippen molar-refractivity contribution in [1.82, 2.24) is 14.5 Å². The van der Waals surface area contributed by atoms with Crippen LogP contribution in [0.15, 0.2) is 39.9 Å². The Morgan fingerprint density at radius 3 is 2.45 bits per heavy atom. The van der Waals surface area contributed by atoms with Gasteiger partial charge in [-0.1, -0.05) is 30.3 Å². The molecule has 0 saturated heterocycles. The molecule has 3 N–H and O–H groups in total. The number of likely N-dealkylation sites (N-methyl/N-ethyl adjacent to an activating group) is 1. The van der Waals surface area contributed by atoms with Crippen LogP contribution < -0.4 is 22.3 Å². The van der Waals surface area contributed by atoms with Crippen LogP contribution >= 0.6 is 0 Å². The van der Waals surface area contributed by atoms with Gasteiger partial charge in [-0.2, -0.15) is 0 Å². The summed E-state index contributed by atoms with van der Waals surface area (Å²) < 4.78 is 2.14. The topological polar surface area (TPSA) is 99.1 Å². The second kappa shape index (κ2) is 6.40. The number of carbonyl (C=O) groups excluding carboxylic acids is 1. The molecule has 1 aromatic carbocycles. The van der Waals surface area contributed by atoms with Gasteiger partial charge in [-0.25, -0.2) is 4.79 Å². The molecule has 0 aliphatic carbocycles. The molecule has 0 radical (unpaired) electrons. The van der Waals surface area contributed by atoms with Crippen LogP contribution in [0.2, 0.25) is 0 Å². The molecule has 2 rings (SSSR count). The van der Waals surface area contributed by atoms with Crippen molar-refractivity contribution in [3.05, 3.63) is 62.3 Å². The number of ketones is 1. The average molecular weight is 302 g/mol. The Hall–Kier alpha value is -2.67. The molecule has 1 heterocycles. The van der Waals surface area contributed by atoms with Gasteiger partial charge >= 0.3 is 5.69 Å². The van der Waals surface area contributed by atoms with Gasteiger partial charge in [-0.05, 0) is 12.6 Å². The molecule has 0 atom stereocenters. The Labute approximate surface area is 127 Å². The minimum Gasteiger partial charge on any atom is -0.384 e. The van der Waals surface area contributed by atoms with E-state index in [0.717, 1.165) is 10.1 Å². The first-order valence-corrected chi connectivity index (χ1v) is 6.78. The Balaban J connectivity index is 2.62. The average Bonchev–Trinajstić information content (AvgIpc) is 2.51. The van der Waals surface area contributed by atoms with E-state index < -0.39 is 17.0 Å². The van der Waals surface area contributed by atoms with Crippen LogP contribution in [-0.4, -0.2) is 28.5 Å². The van der Waals surface area contributed by atoms with E-state index in [1.807, 2.05) is 30.3 Å². The maximum atomic E-state index is 12.3. The van der Waals surface area contributed by atoms with Gasteiger partial charge in [0, 0.05) is 7.05 Å². The van der Waals surface area contributed by atoms with Crippen LogP contribution in [0.5, 0.6) is 0 Å². The molecule has 0 aliphatic heterocycles. The molecule has 2 aromatic rings. The van der Waals surface area contributed by atoms with E-state index in [-0.39, 0.29) is 24.5 Å². The van der Waals surface area contributed by atoms with Crippen molar-refractivity contribution in [3.8, 4) is 0 Å². The lowest BCUT2D eigenvalue weighted by atomic mass is 10.1. The van der Waals surface area contributed by atoms with Gasteiger partial charge in [0.1, 0.15) is 11.4 Å². The van der Waals surface area contributed by atoms with E-state index in [1.165, 1.54) is 11.6 Å². The van der Waals surface area contributed by atoms with E-state index in [0.29, 0.717) is 0 Å². The summed E-state index contributed by atoms with van der Waals surface area (Å²) >= 11 is 0. The maximum Gasteiger partial charge on any atom is 0.332 e. The smallest absolute Gasteiger partial charge is 0.332 e. The number of nitrogens with two attached hydrogens (primary N) is 1. The fraction of sp³-hybridized carbons (Fsp3) is 0.267. The van der Waals surface area contributed by atoms with E-state index in [4.69, 9.17) is 5.73 Å². The Morgan fingerprint density at radius 2 is 1.86 bits per heavy atom. The predicted molar refractivity (Wildman–Crippen MR) is 84.2 cm³/mol. The molecule has 0 saturated carbocycles. The summed E-state index contributed by atoms with van der Waals surface area (Å²) in [4.78, 5) is 36.5. The minimum atomic E-state index is -0.674. The summed E-state index contributed by atoms with van der Waals surface area (Å²) in [5.74, 6) is -0.542. The Bertz CT molecular complexity index is 806. The largest absolute Gasteiger partial charge is 0.384 e. The number of nitrogens with zero attached hydrogens (tertiary/aromatic N) is 2. The lowest BCUT2D eigenvalue weighted by Gasteiger charge is -2.14. The normalized spacial score (nSPS) is 10.6. The number of hydrogen-bond acceptors (Lipinski definition) is 5. The van der Waals surface area contributed by atoms with Crippen molar-refractivity contribution < 1.29 is 4.79 Å². The number of anilines is 1. The van der Waals surface area contributed by atoms with Crippen molar-refractivity contribution in [2.75, 3.05) is 19.3 Å². The summed E-state index contributed by atoms with van der Waals surface area (Å²) in [5, 5.41) is 2.68. The zero-order chi connectivity index (χ0) is 16.3. The molecular formula is C15H18N4O3. The number of carbonyl (C=O) groups is 1. The monoisotopic (exact) mass is 302 g/mol. The third-order valence-electron chi connectivity index (χ3n) is 3.38. The second-order valence-corrected chi connectivity index (χ2v) is 4.93. The highest BCUT2D eigenvalue weighted by Gasteiger charge is 2.20. The number of nitrogens with one attached hydrogen (secondary N) is 1. The molecule has 22 heavy (non-hydrogen) atoms. The molecule has 0 spiro atoms. The molecule has 0 unspecified atom stereocenters. The van der Waals surface area contributed by atoms with Crippen molar-refractivity contribution >= 4 is 11.6 Å². The Kier molecular flexibility index (Phi) is 4.57. The lowest BCUT2D eigenvalue weighted by molar-refractivity contribution is 0.0991. The van der Waals surface area contributed by atoms with Crippen molar-refractivity contribution in [1.29, 1.82) is 0 Å². The summed E-state index contributed by atoms with van der Waals surface area (Å²) in [5.41, 5.74) is 5.40. The third kappa shape index (κ3) is 2.84. The fourth-order valence-electron chi connectivity index (χ4n) is 2.21. The minimum absolute atomic E-state index is 0.0248. The van der Waals surface area contributed by atoms with Crippen LogP contribution in [-0.2, 0) is 13.6 Å². The molecule has 1 aromatic heterocycles. The summed E-state index contributed by atoms with van der Waals surface area (Å²) in [6.45, 7) is 0.169. The van der Waals surface area contributed by atoms with Crippen molar-refractivity contribution in [2.45, 2.75) is 6.54 Å². The van der Waals surface area contributed by atoms with Gasteiger partial charge in [-0.15, -0.1) is 0 Å². The van der Waals surface area contributed by atoms with Crippen LogP contribution in [0.4, 0.5) is 5.82 Å². The van der Waals surface area contributed by atoms with E-state index in [9.17, 15) is 14.4 Å². The summed E-state index contributed by atoms with van der Waals surface area (Å²) in [6.07, 6.45) is 0. The third-order valence-corrected chi connectivity index (χ3v) is 3.38. The quantitative estimate of drug-likeness (QED) is 0.731. The van der Waals surface area contributed by atoms with E-state index >= 15 is 0 Å². The SMILES string of the molecule is CNCC(=O)c1c(N)n(Cc2ccccc2)c(=O)n(C)c1=O. The van der Waals surface area contributed by atoms with Crippen molar-refractivity contribution in [3.63, 3.8) is 0 Å². The highest BCUT2D eigenvalue weighted by molar-refractivity contribution is 6.01. The zero-order valence-electron chi connectivity index (χ0n) is 12.5. The van der Waals surface area contributed by atoms with E-state index in [1.54, 1.807) is 7.05 Å². The molecule has 0 bridgehead atoms. The van der Waals surface area contributed by atoms with Gasteiger partial charge in [0.05, 0.1) is 13.1 Å². The highest BCUT2D eigenvalue weighted by atomic mass is 16.2. The number of rotatable bonds is 5. The molecule has 116 valence electrons. The first kappa shape index (κ1) is 15.7. The zero-order valence-corrected chi connectivity index (χ0v) is 12.5. The lowest BCUT2D eigenvalue weighted by Crippen LogP contribution is -2.43. The van der Waals surface area contributed by atoms with Crippen LogP contribution in [0.3, 0.4) is 0 Å². The molecule has 0 aliphatic rings. The van der Waals surface area contributed by atoms with Gasteiger partial charge in [-0.3, -0.25) is 18.7 Å². The second-order valence-electron chi connectivity index (χ2n) is 4.93. The van der Waals surface area contributed by atoms with Gasteiger partial charge in [0.15, 0.2) is 5.78 Å². The molecular weight excluding hydrogens is 284 g/mol. The number of Topliss-reactive ketones (excluding diaryl/α,β-unsaturated/α-hetero) is 1. The number of hydrogen-bond donors (Lipinski definition) is 2. The fourth-order valence-corrected chi connectivity index (χ4v) is 2.21. The molecule has 7 heteroatoms.